The second-order valence-corrected chi connectivity index (χ2v) is 12.2. The summed E-state index contributed by atoms with van der Waals surface area (Å²) >= 11 is 0. The van der Waals surface area contributed by atoms with Crippen molar-refractivity contribution in [1.29, 1.82) is 0 Å². The molecule has 1 amide bonds. The van der Waals surface area contributed by atoms with Crippen LogP contribution in [0.2, 0.25) is 0 Å². The zero-order chi connectivity index (χ0) is 33.8. The van der Waals surface area contributed by atoms with E-state index in [-0.39, 0.29) is 44.2 Å². The summed E-state index contributed by atoms with van der Waals surface area (Å²) in [6.45, 7) is 3.29. The van der Waals surface area contributed by atoms with Crippen molar-refractivity contribution in [2.75, 3.05) is 33.4 Å². The average Bonchev–Trinajstić information content (AvgIpc) is 3.69. The largest absolute Gasteiger partial charge is 0.393 e. The molecular formula is C31H40F5N7O4. The predicted molar refractivity (Wildman–Crippen MR) is 159 cm³/mol. The van der Waals surface area contributed by atoms with Crippen LogP contribution in [0.4, 0.5) is 22.0 Å². The lowest BCUT2D eigenvalue weighted by molar-refractivity contribution is -0.183. The maximum atomic E-state index is 13.7. The van der Waals surface area contributed by atoms with Crippen LogP contribution in [0.3, 0.4) is 0 Å². The van der Waals surface area contributed by atoms with Crippen LogP contribution in [0.25, 0.3) is 5.65 Å². The minimum Gasteiger partial charge on any atom is -0.376 e. The number of aryl methyl sites for hydroxylation is 1. The molecule has 47 heavy (non-hydrogen) atoms. The lowest BCUT2D eigenvalue weighted by Gasteiger charge is -2.32. The van der Waals surface area contributed by atoms with Crippen molar-refractivity contribution in [2.24, 2.45) is 17.8 Å². The number of halogens is 5. The molecule has 5 heterocycles. The Labute approximate surface area is 268 Å². The Morgan fingerprint density at radius 3 is 2.62 bits per heavy atom. The van der Waals surface area contributed by atoms with Crippen LogP contribution < -0.4 is 10.6 Å². The van der Waals surface area contributed by atoms with Crippen molar-refractivity contribution in [3.63, 3.8) is 0 Å². The molecule has 2 N–H and O–H groups in total. The van der Waals surface area contributed by atoms with Gasteiger partial charge in [-0.05, 0) is 51.3 Å². The van der Waals surface area contributed by atoms with Crippen LogP contribution in [0.15, 0.2) is 24.5 Å². The maximum Gasteiger partial charge on any atom is 0.393 e. The SMILES string of the molecule is CCn1nccc1C=O.CNC(c1cn2nc(CC3CC(C(F)(F)F)CNC3=O)c(C3COCCO3)cc2n1)C1CCC(F)(F)CC1. The first-order valence-corrected chi connectivity index (χ1v) is 15.9. The normalized spacial score (nSPS) is 24.3. The molecule has 3 aliphatic rings. The summed E-state index contributed by atoms with van der Waals surface area (Å²) in [4.78, 5) is 27.4. The Kier molecular flexibility index (Phi) is 10.9. The summed E-state index contributed by atoms with van der Waals surface area (Å²) in [5, 5.41) is 14.2. The standard InChI is InChI=1S/C25H32F5N5O3.C6H8N2O/c1-31-22(14-2-4-24(26,27)5-3-14)19-12-35-21(33-19)10-17(20-13-37-6-7-38-20)18(34-35)9-15-8-16(25(28,29)30)11-32-23(15)36;1-2-8-6(5-9)3-4-7-8/h10,12,14-16,20,22,31H,2-9,11,13H2,1H3,(H,32,36);3-5H,2H2,1H3. The molecular weight excluding hydrogens is 629 g/mol. The van der Waals surface area contributed by atoms with Gasteiger partial charge in [0.25, 0.3) is 0 Å². The van der Waals surface area contributed by atoms with Gasteiger partial charge in [0.15, 0.2) is 11.9 Å². The third kappa shape index (κ3) is 8.33. The summed E-state index contributed by atoms with van der Waals surface area (Å²) < 4.78 is 82.3. The number of alkyl halides is 5. The lowest BCUT2D eigenvalue weighted by Crippen LogP contribution is -2.47. The number of nitrogens with zero attached hydrogens (tertiary/aromatic N) is 5. The third-order valence-electron chi connectivity index (χ3n) is 9.14. The highest BCUT2D eigenvalue weighted by Gasteiger charge is 2.45. The highest BCUT2D eigenvalue weighted by atomic mass is 19.4. The van der Waals surface area contributed by atoms with Gasteiger partial charge in [0.2, 0.25) is 11.8 Å². The van der Waals surface area contributed by atoms with E-state index >= 15 is 0 Å². The molecule has 1 aliphatic carbocycles. The van der Waals surface area contributed by atoms with Crippen molar-refractivity contribution in [3.05, 3.63) is 47.2 Å². The van der Waals surface area contributed by atoms with E-state index in [1.165, 1.54) is 0 Å². The van der Waals surface area contributed by atoms with Crippen molar-refractivity contribution in [3.8, 4) is 0 Å². The number of hydrogen-bond acceptors (Lipinski definition) is 8. The molecule has 0 radical (unpaired) electrons. The molecule has 2 saturated heterocycles. The predicted octanol–water partition coefficient (Wildman–Crippen LogP) is 4.48. The number of imidazole rings is 1. The number of rotatable bonds is 8. The van der Waals surface area contributed by atoms with E-state index in [1.54, 1.807) is 40.8 Å². The van der Waals surface area contributed by atoms with E-state index in [9.17, 15) is 31.5 Å². The smallest absolute Gasteiger partial charge is 0.376 e. The molecule has 3 aromatic heterocycles. The molecule has 4 unspecified atom stereocenters. The van der Waals surface area contributed by atoms with Gasteiger partial charge in [0.05, 0.1) is 49.4 Å². The molecule has 3 fully saturated rings. The number of nitrogens with one attached hydrogen (secondary N) is 2. The molecule has 4 atom stereocenters. The van der Waals surface area contributed by atoms with Gasteiger partial charge in [0, 0.05) is 50.0 Å². The zero-order valence-corrected chi connectivity index (χ0v) is 26.3. The quantitative estimate of drug-likeness (QED) is 0.266. The van der Waals surface area contributed by atoms with Crippen LogP contribution >= 0.6 is 0 Å². The monoisotopic (exact) mass is 669 g/mol. The number of hydrogen-bond donors (Lipinski definition) is 2. The Balaban J connectivity index is 0.000000417. The van der Waals surface area contributed by atoms with Crippen LogP contribution in [0.1, 0.15) is 78.6 Å². The highest BCUT2D eigenvalue weighted by Crippen LogP contribution is 2.41. The van der Waals surface area contributed by atoms with Gasteiger partial charge in [-0.25, -0.2) is 18.3 Å². The second-order valence-electron chi connectivity index (χ2n) is 12.2. The fourth-order valence-corrected chi connectivity index (χ4v) is 6.54. The minimum absolute atomic E-state index is 0.00419. The third-order valence-corrected chi connectivity index (χ3v) is 9.14. The number of piperidine rings is 1. The molecule has 0 spiro atoms. The van der Waals surface area contributed by atoms with E-state index < -0.39 is 42.5 Å². The molecule has 11 nitrogen and oxygen atoms in total. The van der Waals surface area contributed by atoms with E-state index in [1.807, 2.05) is 6.92 Å². The molecule has 1 saturated carbocycles. The molecule has 0 bridgehead atoms. The Morgan fingerprint density at radius 1 is 1.23 bits per heavy atom. The Morgan fingerprint density at radius 2 is 2.00 bits per heavy atom. The second kappa shape index (κ2) is 14.7. The minimum atomic E-state index is -4.41. The van der Waals surface area contributed by atoms with Gasteiger partial charge >= 0.3 is 6.18 Å². The van der Waals surface area contributed by atoms with E-state index in [0.717, 1.165) is 12.8 Å². The van der Waals surface area contributed by atoms with Crippen LogP contribution in [-0.2, 0) is 27.2 Å². The van der Waals surface area contributed by atoms with E-state index in [4.69, 9.17) is 14.5 Å². The Bertz CT molecular complexity index is 1510. The van der Waals surface area contributed by atoms with E-state index in [2.05, 4.69) is 20.8 Å². The topological polar surface area (TPSA) is 125 Å². The maximum absolute atomic E-state index is 13.7. The van der Waals surface area contributed by atoms with Crippen LogP contribution in [-0.4, -0.2) is 82.1 Å². The first-order valence-electron chi connectivity index (χ1n) is 15.9. The van der Waals surface area contributed by atoms with Gasteiger partial charge in [-0.1, -0.05) is 0 Å². The average molecular weight is 670 g/mol. The van der Waals surface area contributed by atoms with Crippen molar-refractivity contribution in [2.45, 2.75) is 76.2 Å². The van der Waals surface area contributed by atoms with Gasteiger partial charge < -0.3 is 20.1 Å². The number of carbonyl (C=O) groups is 2. The fourth-order valence-electron chi connectivity index (χ4n) is 6.54. The first kappa shape index (κ1) is 34.8. The molecule has 258 valence electrons. The van der Waals surface area contributed by atoms with Crippen molar-refractivity contribution >= 4 is 17.8 Å². The summed E-state index contributed by atoms with van der Waals surface area (Å²) in [6.07, 6.45) is -0.698. The highest BCUT2D eigenvalue weighted by molar-refractivity contribution is 5.79. The number of fused-ring (bicyclic) bond motifs is 1. The van der Waals surface area contributed by atoms with Gasteiger partial charge in [-0.15, -0.1) is 0 Å². The zero-order valence-electron chi connectivity index (χ0n) is 26.3. The molecule has 3 aromatic rings. The fraction of sp³-hybridized carbons (Fsp3) is 0.645. The van der Waals surface area contributed by atoms with Crippen molar-refractivity contribution in [1.82, 2.24) is 35.0 Å². The number of aldehydes is 1. The molecule has 6 rings (SSSR count). The molecule has 16 heteroatoms. The van der Waals surface area contributed by atoms with E-state index in [0.29, 0.717) is 54.3 Å². The first-order chi connectivity index (χ1) is 22.4. The van der Waals surface area contributed by atoms with Crippen LogP contribution in [0.5, 0.6) is 0 Å². The van der Waals surface area contributed by atoms with Crippen molar-refractivity contribution < 1.29 is 41.0 Å². The summed E-state index contributed by atoms with van der Waals surface area (Å²) in [5.74, 6) is -5.62. The van der Waals surface area contributed by atoms with Gasteiger partial charge in [0.1, 0.15) is 11.8 Å². The number of amides is 1. The summed E-state index contributed by atoms with van der Waals surface area (Å²) in [5.41, 5.74) is 2.84. The number of carbonyl (C=O) groups excluding carboxylic acids is 2. The lowest BCUT2D eigenvalue weighted by atomic mass is 9.81. The Hall–Kier alpha value is -3.50. The van der Waals surface area contributed by atoms with Crippen LogP contribution in [0, 0.1) is 17.8 Å². The van der Waals surface area contributed by atoms with Gasteiger partial charge in [-0.2, -0.15) is 23.4 Å². The number of aromatic nitrogens is 5. The summed E-state index contributed by atoms with van der Waals surface area (Å²) in [7, 11) is 1.76. The molecule has 0 aromatic carbocycles. The molecule has 2 aliphatic heterocycles. The summed E-state index contributed by atoms with van der Waals surface area (Å²) in [6, 6.07) is 3.21. The number of ether oxygens (including phenoxy) is 2. The van der Waals surface area contributed by atoms with Gasteiger partial charge in [-0.3, -0.25) is 14.3 Å².